The highest BCUT2D eigenvalue weighted by Gasteiger charge is 2.32. The van der Waals surface area contributed by atoms with Gasteiger partial charge in [0.15, 0.2) is 0 Å². The van der Waals surface area contributed by atoms with Gasteiger partial charge in [0, 0.05) is 24.2 Å². The molecule has 3 heteroatoms. The van der Waals surface area contributed by atoms with Crippen LogP contribution < -0.4 is 5.32 Å². The van der Waals surface area contributed by atoms with Crippen LogP contribution in [-0.2, 0) is 0 Å². The van der Waals surface area contributed by atoms with Gasteiger partial charge in [-0.2, -0.15) is 0 Å². The lowest BCUT2D eigenvalue weighted by Crippen LogP contribution is -2.47. The molecule has 0 amide bonds. The molecule has 112 valence electrons. The van der Waals surface area contributed by atoms with Gasteiger partial charge in [-0.15, -0.1) is 0 Å². The number of nitrogens with one attached hydrogen (secondary N) is 1. The molecule has 19 heavy (non-hydrogen) atoms. The summed E-state index contributed by atoms with van der Waals surface area (Å²) in [4.78, 5) is 2.62. The maximum absolute atomic E-state index is 9.62. The molecule has 2 aliphatic rings. The monoisotopic (exact) mass is 268 g/mol. The number of aliphatic hydroxyl groups is 1. The quantitative estimate of drug-likeness (QED) is 0.638. The molecule has 0 heterocycles. The van der Waals surface area contributed by atoms with E-state index in [1.807, 2.05) is 0 Å². The first-order chi connectivity index (χ1) is 9.02. The van der Waals surface area contributed by atoms with Gasteiger partial charge in [0.25, 0.3) is 0 Å². The molecule has 2 N–H and O–H groups in total. The van der Waals surface area contributed by atoms with Gasteiger partial charge in [0.2, 0.25) is 0 Å². The predicted octanol–water partition coefficient (Wildman–Crippen LogP) is 2.39. The van der Waals surface area contributed by atoms with Gasteiger partial charge in [-0.3, -0.25) is 0 Å². The van der Waals surface area contributed by atoms with Gasteiger partial charge in [0.05, 0.1) is 6.61 Å². The zero-order chi connectivity index (χ0) is 13.9. The van der Waals surface area contributed by atoms with Gasteiger partial charge in [-0.05, 0) is 71.8 Å². The molecule has 0 saturated heterocycles. The third-order valence-electron chi connectivity index (χ3n) is 4.57. The van der Waals surface area contributed by atoms with Crippen LogP contribution in [0.3, 0.4) is 0 Å². The summed E-state index contributed by atoms with van der Waals surface area (Å²) in [7, 11) is 0. The molecule has 1 atom stereocenters. The van der Waals surface area contributed by atoms with E-state index in [1.54, 1.807) is 0 Å². The lowest BCUT2D eigenvalue weighted by atomic mass is 9.96. The topological polar surface area (TPSA) is 35.5 Å². The molecule has 3 nitrogen and oxygen atoms in total. The van der Waals surface area contributed by atoms with E-state index >= 15 is 0 Å². The first-order valence-electron chi connectivity index (χ1n) is 8.15. The molecule has 0 aromatic carbocycles. The van der Waals surface area contributed by atoms with E-state index in [-0.39, 0.29) is 12.1 Å². The lowest BCUT2D eigenvalue weighted by Gasteiger charge is -2.32. The van der Waals surface area contributed by atoms with Gasteiger partial charge in [-0.1, -0.05) is 0 Å². The molecule has 1 unspecified atom stereocenters. The number of nitrogens with zero attached hydrogens (tertiary/aromatic N) is 1. The Morgan fingerprint density at radius 3 is 2.42 bits per heavy atom. The van der Waals surface area contributed by atoms with E-state index in [4.69, 9.17) is 0 Å². The summed E-state index contributed by atoms with van der Waals surface area (Å²) >= 11 is 0. The van der Waals surface area contributed by atoms with Gasteiger partial charge in [0.1, 0.15) is 0 Å². The zero-order valence-electron chi connectivity index (χ0n) is 13.0. The largest absolute Gasteiger partial charge is 0.394 e. The fourth-order valence-electron chi connectivity index (χ4n) is 2.78. The summed E-state index contributed by atoms with van der Waals surface area (Å²) in [5, 5.41) is 13.2. The second-order valence-electron chi connectivity index (χ2n) is 7.27. The van der Waals surface area contributed by atoms with E-state index in [9.17, 15) is 5.11 Å². The van der Waals surface area contributed by atoms with Gasteiger partial charge < -0.3 is 15.3 Å². The second kappa shape index (κ2) is 6.55. The standard InChI is InChI=1S/C16H32N2O/c1-13(2)18(11-14-5-6-14)10-4-9-16(3,12-19)17-15-7-8-15/h13-15,17,19H,4-12H2,1-3H3. The Bertz CT molecular complexity index is 274. The van der Waals surface area contributed by atoms with Crippen LogP contribution in [0.4, 0.5) is 0 Å². The third-order valence-corrected chi connectivity index (χ3v) is 4.57. The minimum Gasteiger partial charge on any atom is -0.394 e. The van der Waals surface area contributed by atoms with Crippen molar-refractivity contribution in [1.82, 2.24) is 10.2 Å². The van der Waals surface area contributed by atoms with Crippen molar-refractivity contribution in [1.29, 1.82) is 0 Å². The molecule has 2 rings (SSSR count). The molecule has 2 saturated carbocycles. The summed E-state index contributed by atoms with van der Waals surface area (Å²) in [5.41, 5.74) is -0.0661. The van der Waals surface area contributed by atoms with E-state index in [0.29, 0.717) is 12.1 Å². The van der Waals surface area contributed by atoms with Crippen molar-refractivity contribution in [2.75, 3.05) is 19.7 Å². The van der Waals surface area contributed by atoms with Crippen LogP contribution in [0, 0.1) is 5.92 Å². The number of rotatable bonds is 10. The third kappa shape index (κ3) is 5.41. The van der Waals surface area contributed by atoms with Crippen LogP contribution in [0.25, 0.3) is 0 Å². The SMILES string of the molecule is CC(C)N(CCCC(C)(CO)NC1CC1)CC1CC1. The second-order valence-corrected chi connectivity index (χ2v) is 7.27. The Hall–Kier alpha value is -0.120. The fraction of sp³-hybridized carbons (Fsp3) is 1.00. The predicted molar refractivity (Wildman–Crippen MR) is 80.3 cm³/mol. The normalized spacial score (nSPS) is 23.1. The fourth-order valence-corrected chi connectivity index (χ4v) is 2.78. The zero-order valence-corrected chi connectivity index (χ0v) is 13.0. The maximum atomic E-state index is 9.62. The Kier molecular flexibility index (Phi) is 5.27. The van der Waals surface area contributed by atoms with Gasteiger partial charge in [-0.25, -0.2) is 0 Å². The van der Waals surface area contributed by atoms with Crippen LogP contribution in [0.15, 0.2) is 0 Å². The van der Waals surface area contributed by atoms with Crippen LogP contribution >= 0.6 is 0 Å². The average Bonchev–Trinajstić information content (AvgIpc) is 3.23. The van der Waals surface area contributed by atoms with E-state index in [2.05, 4.69) is 31.0 Å². The van der Waals surface area contributed by atoms with Crippen molar-refractivity contribution >= 4 is 0 Å². The summed E-state index contributed by atoms with van der Waals surface area (Å²) in [6.07, 6.45) is 7.70. The van der Waals surface area contributed by atoms with Crippen molar-refractivity contribution in [2.24, 2.45) is 5.92 Å². The molecule has 0 radical (unpaired) electrons. The number of hydrogen-bond acceptors (Lipinski definition) is 3. The Morgan fingerprint density at radius 2 is 1.95 bits per heavy atom. The van der Waals surface area contributed by atoms with E-state index in [0.717, 1.165) is 12.3 Å². The number of aliphatic hydroxyl groups excluding tert-OH is 1. The smallest absolute Gasteiger partial charge is 0.0610 e. The highest BCUT2D eigenvalue weighted by molar-refractivity contribution is 4.92. The Morgan fingerprint density at radius 1 is 1.26 bits per heavy atom. The maximum Gasteiger partial charge on any atom is 0.0610 e. The average molecular weight is 268 g/mol. The van der Waals surface area contributed by atoms with E-state index in [1.165, 1.54) is 45.2 Å². The van der Waals surface area contributed by atoms with Gasteiger partial charge >= 0.3 is 0 Å². The van der Waals surface area contributed by atoms with Crippen molar-refractivity contribution in [3.8, 4) is 0 Å². The summed E-state index contributed by atoms with van der Waals surface area (Å²) < 4.78 is 0. The molecule has 0 aliphatic heterocycles. The molecule has 2 fully saturated rings. The highest BCUT2D eigenvalue weighted by Crippen LogP contribution is 2.30. The molecular formula is C16H32N2O. The molecular weight excluding hydrogens is 236 g/mol. The molecule has 2 aliphatic carbocycles. The molecule has 0 spiro atoms. The summed E-state index contributed by atoms with van der Waals surface area (Å²) in [6.45, 7) is 9.49. The number of hydrogen-bond donors (Lipinski definition) is 2. The minimum atomic E-state index is -0.0661. The Labute approximate surface area is 118 Å². The van der Waals surface area contributed by atoms with Crippen LogP contribution in [0.5, 0.6) is 0 Å². The van der Waals surface area contributed by atoms with Crippen molar-refractivity contribution in [2.45, 2.75) is 76.9 Å². The first kappa shape index (κ1) is 15.3. The van der Waals surface area contributed by atoms with Crippen LogP contribution in [0.2, 0.25) is 0 Å². The van der Waals surface area contributed by atoms with Crippen molar-refractivity contribution < 1.29 is 5.11 Å². The molecule has 0 bridgehead atoms. The minimum absolute atomic E-state index is 0.0661. The lowest BCUT2D eigenvalue weighted by molar-refractivity contribution is 0.147. The van der Waals surface area contributed by atoms with Crippen molar-refractivity contribution in [3.05, 3.63) is 0 Å². The van der Waals surface area contributed by atoms with Crippen LogP contribution in [-0.4, -0.2) is 47.3 Å². The summed E-state index contributed by atoms with van der Waals surface area (Å²) in [5.74, 6) is 0.969. The van der Waals surface area contributed by atoms with Crippen molar-refractivity contribution in [3.63, 3.8) is 0 Å². The molecule has 0 aromatic rings. The Balaban J connectivity index is 1.69. The molecule has 0 aromatic heterocycles. The first-order valence-corrected chi connectivity index (χ1v) is 8.15. The highest BCUT2D eigenvalue weighted by atomic mass is 16.3. The van der Waals surface area contributed by atoms with Crippen LogP contribution in [0.1, 0.15) is 59.3 Å². The summed E-state index contributed by atoms with van der Waals surface area (Å²) in [6, 6.07) is 1.32. The van der Waals surface area contributed by atoms with E-state index < -0.39 is 0 Å².